The van der Waals surface area contributed by atoms with Gasteiger partial charge in [0.25, 0.3) is 0 Å². The fourth-order valence-corrected chi connectivity index (χ4v) is 7.32. The lowest BCUT2D eigenvalue weighted by molar-refractivity contribution is -0.113. The minimum atomic E-state index is -3.54. The van der Waals surface area contributed by atoms with Gasteiger partial charge in [-0.05, 0) is 92.1 Å². The standard InChI is InChI=1S/C27H31N5O3S2/c1-4-20-8-13-24-21(16-20)15-18(2)26-29-30-27(32(24)26)36-17-25(33)28-22-9-11-23(12-10-22)37(34,35)31-14-6-5-7-19(31)3/h8-13,15-16,19H,4-7,14,17H2,1-3H3,(H,28,33). The summed E-state index contributed by atoms with van der Waals surface area (Å²) in [5.41, 5.74) is 4.62. The predicted molar refractivity (Wildman–Crippen MR) is 148 cm³/mol. The molecule has 0 spiro atoms. The van der Waals surface area contributed by atoms with E-state index in [0.29, 0.717) is 17.4 Å². The van der Waals surface area contributed by atoms with Gasteiger partial charge < -0.3 is 5.32 Å². The number of nitrogens with one attached hydrogen (secondary N) is 1. The van der Waals surface area contributed by atoms with Crippen LogP contribution < -0.4 is 5.32 Å². The lowest BCUT2D eigenvalue weighted by atomic mass is 10.1. The van der Waals surface area contributed by atoms with E-state index in [0.717, 1.165) is 47.8 Å². The number of aromatic nitrogens is 3. The molecule has 8 nitrogen and oxygen atoms in total. The second-order valence-corrected chi connectivity index (χ2v) is 12.4. The number of carbonyl (C=O) groups is 1. The molecule has 1 amide bonds. The molecule has 10 heteroatoms. The zero-order valence-electron chi connectivity index (χ0n) is 21.3. The number of anilines is 1. The van der Waals surface area contributed by atoms with Gasteiger partial charge in [0, 0.05) is 18.3 Å². The summed E-state index contributed by atoms with van der Waals surface area (Å²) in [5, 5.41) is 13.3. The first-order chi connectivity index (χ1) is 17.8. The summed E-state index contributed by atoms with van der Waals surface area (Å²) in [6, 6.07) is 14.9. The van der Waals surface area contributed by atoms with Gasteiger partial charge in [-0.3, -0.25) is 9.20 Å². The summed E-state index contributed by atoms with van der Waals surface area (Å²) in [5.74, 6) is -0.0542. The van der Waals surface area contributed by atoms with Gasteiger partial charge in [0.05, 0.1) is 16.2 Å². The maximum Gasteiger partial charge on any atom is 0.243 e. The minimum Gasteiger partial charge on any atom is -0.325 e. The smallest absolute Gasteiger partial charge is 0.243 e. The number of pyridine rings is 1. The Hall–Kier alpha value is -2.95. The van der Waals surface area contributed by atoms with E-state index in [1.54, 1.807) is 28.6 Å². The van der Waals surface area contributed by atoms with Crippen LogP contribution in [0.1, 0.15) is 44.2 Å². The van der Waals surface area contributed by atoms with Gasteiger partial charge in [0.15, 0.2) is 10.8 Å². The number of rotatable bonds is 7. The zero-order chi connectivity index (χ0) is 26.2. The molecule has 1 fully saturated rings. The molecule has 2 aromatic heterocycles. The summed E-state index contributed by atoms with van der Waals surface area (Å²) >= 11 is 1.32. The van der Waals surface area contributed by atoms with Crippen LogP contribution in [-0.4, -0.2) is 51.6 Å². The topological polar surface area (TPSA) is 96.7 Å². The summed E-state index contributed by atoms with van der Waals surface area (Å²) in [6.45, 7) is 6.64. The third-order valence-corrected chi connectivity index (χ3v) is 9.87. The number of hydrogen-bond donors (Lipinski definition) is 1. The van der Waals surface area contributed by atoms with E-state index in [1.807, 2.05) is 18.2 Å². The Morgan fingerprint density at radius 3 is 2.62 bits per heavy atom. The fraction of sp³-hybridized carbons (Fsp3) is 0.370. The van der Waals surface area contributed by atoms with E-state index < -0.39 is 10.0 Å². The van der Waals surface area contributed by atoms with Gasteiger partial charge in [-0.25, -0.2) is 8.42 Å². The Balaban J connectivity index is 1.28. The van der Waals surface area contributed by atoms with Crippen LogP contribution in [-0.2, 0) is 21.2 Å². The van der Waals surface area contributed by atoms with Crippen LogP contribution in [0.3, 0.4) is 0 Å². The first kappa shape index (κ1) is 25.7. The Kier molecular flexibility index (Phi) is 7.24. The normalized spacial score (nSPS) is 16.9. The van der Waals surface area contributed by atoms with Gasteiger partial charge in [0.2, 0.25) is 15.9 Å². The molecule has 1 saturated heterocycles. The average molecular weight is 538 g/mol. The van der Waals surface area contributed by atoms with Crippen molar-refractivity contribution in [3.8, 4) is 0 Å². The third-order valence-electron chi connectivity index (χ3n) is 6.92. The number of hydrogen-bond acceptors (Lipinski definition) is 6. The van der Waals surface area contributed by atoms with E-state index >= 15 is 0 Å². The number of carbonyl (C=O) groups excluding carboxylic acids is 1. The lowest BCUT2D eigenvalue weighted by Gasteiger charge is -2.32. The van der Waals surface area contributed by atoms with Crippen molar-refractivity contribution >= 4 is 49.9 Å². The van der Waals surface area contributed by atoms with Crippen molar-refractivity contribution in [2.45, 2.75) is 62.5 Å². The second kappa shape index (κ2) is 10.4. The highest BCUT2D eigenvalue weighted by molar-refractivity contribution is 7.99. The number of thioether (sulfide) groups is 1. The molecular weight excluding hydrogens is 506 g/mol. The average Bonchev–Trinajstić information content (AvgIpc) is 3.32. The van der Waals surface area contributed by atoms with Crippen molar-refractivity contribution in [1.82, 2.24) is 18.9 Å². The fourth-order valence-electron chi connectivity index (χ4n) is 4.88. The molecule has 194 valence electrons. The van der Waals surface area contributed by atoms with Crippen LogP contribution in [0.5, 0.6) is 0 Å². The molecular formula is C27H31N5O3S2. The van der Waals surface area contributed by atoms with Gasteiger partial charge >= 0.3 is 0 Å². The number of sulfonamides is 1. The van der Waals surface area contributed by atoms with E-state index in [1.165, 1.54) is 17.3 Å². The number of aryl methyl sites for hydroxylation is 2. The van der Waals surface area contributed by atoms with E-state index in [4.69, 9.17) is 0 Å². The number of piperidine rings is 1. The van der Waals surface area contributed by atoms with Crippen LogP contribution in [0.2, 0.25) is 0 Å². The molecule has 37 heavy (non-hydrogen) atoms. The monoisotopic (exact) mass is 537 g/mol. The molecule has 3 heterocycles. The van der Waals surface area contributed by atoms with E-state index in [9.17, 15) is 13.2 Å². The highest BCUT2D eigenvalue weighted by Gasteiger charge is 2.30. The van der Waals surface area contributed by atoms with Gasteiger partial charge in [-0.1, -0.05) is 31.2 Å². The summed E-state index contributed by atoms with van der Waals surface area (Å²) in [4.78, 5) is 13.0. The van der Waals surface area contributed by atoms with Crippen LogP contribution in [0.25, 0.3) is 16.6 Å². The molecule has 0 radical (unpaired) electrons. The van der Waals surface area contributed by atoms with Crippen LogP contribution >= 0.6 is 11.8 Å². The number of fused-ring (bicyclic) bond motifs is 3. The second-order valence-electron chi connectivity index (χ2n) is 9.54. The molecule has 4 aromatic rings. The quantitative estimate of drug-likeness (QED) is 0.332. The number of benzene rings is 2. The van der Waals surface area contributed by atoms with E-state index in [-0.39, 0.29) is 22.6 Å². The van der Waals surface area contributed by atoms with Gasteiger partial charge in [-0.15, -0.1) is 10.2 Å². The maximum atomic E-state index is 13.0. The molecule has 1 aliphatic heterocycles. The molecule has 0 saturated carbocycles. The number of nitrogens with zero attached hydrogens (tertiary/aromatic N) is 4. The number of amides is 1. The molecule has 1 aliphatic rings. The van der Waals surface area contributed by atoms with Crippen LogP contribution in [0, 0.1) is 6.92 Å². The van der Waals surface area contributed by atoms with Crippen molar-refractivity contribution in [3.63, 3.8) is 0 Å². The summed E-state index contributed by atoms with van der Waals surface area (Å²) in [6.07, 6.45) is 3.77. The lowest BCUT2D eigenvalue weighted by Crippen LogP contribution is -2.41. The first-order valence-electron chi connectivity index (χ1n) is 12.6. The van der Waals surface area contributed by atoms with Crippen molar-refractivity contribution < 1.29 is 13.2 Å². The molecule has 0 aliphatic carbocycles. The maximum absolute atomic E-state index is 13.0. The molecule has 1 atom stereocenters. The Labute approximate surface area is 221 Å². The van der Waals surface area contributed by atoms with Crippen molar-refractivity contribution in [3.05, 3.63) is 59.7 Å². The summed E-state index contributed by atoms with van der Waals surface area (Å²) in [7, 11) is -3.54. The molecule has 5 rings (SSSR count). The largest absolute Gasteiger partial charge is 0.325 e. The minimum absolute atomic E-state index is 0.00186. The van der Waals surface area contributed by atoms with Crippen molar-refractivity contribution in [1.29, 1.82) is 0 Å². The van der Waals surface area contributed by atoms with Gasteiger partial charge in [-0.2, -0.15) is 4.31 Å². The molecule has 1 N–H and O–H groups in total. The molecule has 0 bridgehead atoms. The SMILES string of the molecule is CCc1ccc2c(c1)cc(C)c1nnc(SCC(=O)Nc3ccc(S(=O)(=O)N4CCCCC4C)cc3)n12. The third kappa shape index (κ3) is 5.10. The molecule has 2 aromatic carbocycles. The Morgan fingerprint density at radius 2 is 1.89 bits per heavy atom. The first-order valence-corrected chi connectivity index (χ1v) is 15.0. The van der Waals surface area contributed by atoms with Crippen LogP contribution in [0.15, 0.2) is 58.6 Å². The highest BCUT2D eigenvalue weighted by Crippen LogP contribution is 2.28. The predicted octanol–water partition coefficient (Wildman–Crippen LogP) is 5.05. The summed E-state index contributed by atoms with van der Waals surface area (Å²) < 4.78 is 29.7. The van der Waals surface area contributed by atoms with Crippen LogP contribution in [0.4, 0.5) is 5.69 Å². The zero-order valence-corrected chi connectivity index (χ0v) is 22.9. The van der Waals surface area contributed by atoms with E-state index in [2.05, 4.69) is 46.7 Å². The van der Waals surface area contributed by atoms with Crippen molar-refractivity contribution in [2.75, 3.05) is 17.6 Å². The molecule has 1 unspecified atom stereocenters. The van der Waals surface area contributed by atoms with Gasteiger partial charge in [0.1, 0.15) is 0 Å². The highest BCUT2D eigenvalue weighted by atomic mass is 32.2. The Bertz CT molecular complexity index is 1560. The Morgan fingerprint density at radius 1 is 1.11 bits per heavy atom. The van der Waals surface area contributed by atoms with Crippen molar-refractivity contribution in [2.24, 2.45) is 0 Å².